The fraction of sp³-hybridized carbons (Fsp3) is 0.125. The summed E-state index contributed by atoms with van der Waals surface area (Å²) in [5, 5.41) is 2.86. The average molecular weight is 267 g/mol. The van der Waals surface area contributed by atoms with Gasteiger partial charge in [0.2, 0.25) is 5.91 Å². The van der Waals surface area contributed by atoms with Crippen LogP contribution in [0.4, 0.5) is 5.69 Å². The van der Waals surface area contributed by atoms with Crippen LogP contribution in [0.1, 0.15) is 24.2 Å². The average Bonchev–Trinajstić information content (AvgIpc) is 2.47. The van der Waals surface area contributed by atoms with Crippen LogP contribution in [0.25, 0.3) is 6.08 Å². The molecule has 1 aromatic heterocycles. The van der Waals surface area contributed by atoms with E-state index in [2.05, 4.69) is 10.3 Å². The summed E-state index contributed by atoms with van der Waals surface area (Å²) >= 11 is 0. The number of amides is 1. The maximum atomic E-state index is 11.8. The summed E-state index contributed by atoms with van der Waals surface area (Å²) in [6, 6.07) is 12.8. The fourth-order valence-electron chi connectivity index (χ4n) is 1.75. The van der Waals surface area contributed by atoms with E-state index in [-0.39, 0.29) is 11.9 Å². The van der Waals surface area contributed by atoms with Gasteiger partial charge in [-0.2, -0.15) is 0 Å². The number of carbonyl (C=O) groups is 1. The molecule has 1 heterocycles. The second-order valence-electron chi connectivity index (χ2n) is 4.48. The van der Waals surface area contributed by atoms with Crippen LogP contribution in [0.5, 0.6) is 0 Å². The van der Waals surface area contributed by atoms with Crippen LogP contribution >= 0.6 is 0 Å². The van der Waals surface area contributed by atoms with Gasteiger partial charge in [0.1, 0.15) is 0 Å². The Bertz CT molecular complexity index is 591. The number of aromatic nitrogens is 1. The normalized spacial score (nSPS) is 12.2. The molecule has 0 saturated carbocycles. The zero-order chi connectivity index (χ0) is 14.4. The molecule has 1 amide bonds. The van der Waals surface area contributed by atoms with E-state index in [0.29, 0.717) is 5.69 Å². The Morgan fingerprint density at radius 3 is 2.65 bits per heavy atom. The molecule has 0 unspecified atom stereocenters. The molecule has 20 heavy (non-hydrogen) atoms. The van der Waals surface area contributed by atoms with E-state index >= 15 is 0 Å². The lowest BCUT2D eigenvalue weighted by molar-refractivity contribution is -0.117. The Morgan fingerprint density at radius 1 is 1.25 bits per heavy atom. The first-order valence-corrected chi connectivity index (χ1v) is 6.40. The van der Waals surface area contributed by atoms with Crippen molar-refractivity contribution in [3.05, 3.63) is 66.0 Å². The van der Waals surface area contributed by atoms with E-state index in [1.165, 1.54) is 6.08 Å². The van der Waals surface area contributed by atoms with E-state index in [1.54, 1.807) is 24.4 Å². The minimum absolute atomic E-state index is 0.125. The molecule has 1 atom stereocenters. The summed E-state index contributed by atoms with van der Waals surface area (Å²) in [6.45, 7) is 1.90. The lowest BCUT2D eigenvalue weighted by Gasteiger charge is -2.11. The molecule has 0 aliphatic rings. The van der Waals surface area contributed by atoms with E-state index in [0.717, 1.165) is 11.3 Å². The third-order valence-electron chi connectivity index (χ3n) is 2.85. The highest BCUT2D eigenvalue weighted by Crippen LogP contribution is 2.09. The molecule has 102 valence electrons. The molecular formula is C16H17N3O. The first-order chi connectivity index (χ1) is 9.65. The van der Waals surface area contributed by atoms with E-state index in [9.17, 15) is 4.79 Å². The zero-order valence-corrected chi connectivity index (χ0v) is 11.3. The summed E-state index contributed by atoms with van der Waals surface area (Å²) in [7, 11) is 0. The zero-order valence-electron chi connectivity index (χ0n) is 11.3. The predicted octanol–water partition coefficient (Wildman–Crippen LogP) is 2.55. The quantitative estimate of drug-likeness (QED) is 0.660. The minimum Gasteiger partial charge on any atom is -0.399 e. The van der Waals surface area contributed by atoms with Crippen molar-refractivity contribution in [3.8, 4) is 0 Å². The standard InChI is InChI=1S/C16H17N3O/c1-12(15-4-2-3-11-18-15)19-16(20)10-7-13-5-8-14(17)9-6-13/h2-12H,17H2,1H3,(H,19,20)/b10-7+/t12-/m1/s1. The van der Waals surface area contributed by atoms with Crippen molar-refractivity contribution in [3.63, 3.8) is 0 Å². The predicted molar refractivity (Wildman–Crippen MR) is 80.7 cm³/mol. The first-order valence-electron chi connectivity index (χ1n) is 6.40. The number of anilines is 1. The molecule has 3 N–H and O–H groups in total. The minimum atomic E-state index is -0.153. The van der Waals surface area contributed by atoms with Gasteiger partial charge in [0, 0.05) is 18.0 Å². The van der Waals surface area contributed by atoms with Crippen molar-refractivity contribution < 1.29 is 4.79 Å². The van der Waals surface area contributed by atoms with Gasteiger partial charge in [-0.15, -0.1) is 0 Å². The van der Waals surface area contributed by atoms with Gasteiger partial charge in [0.25, 0.3) is 0 Å². The second kappa shape index (κ2) is 6.52. The van der Waals surface area contributed by atoms with Gasteiger partial charge >= 0.3 is 0 Å². The van der Waals surface area contributed by atoms with Crippen LogP contribution in [0.15, 0.2) is 54.7 Å². The molecule has 0 fully saturated rings. The maximum absolute atomic E-state index is 11.8. The largest absolute Gasteiger partial charge is 0.399 e. The highest BCUT2D eigenvalue weighted by atomic mass is 16.1. The van der Waals surface area contributed by atoms with Crippen molar-refractivity contribution in [2.75, 3.05) is 5.73 Å². The molecule has 0 saturated heterocycles. The molecule has 0 bridgehead atoms. The monoisotopic (exact) mass is 267 g/mol. The van der Waals surface area contributed by atoms with Gasteiger partial charge in [0.15, 0.2) is 0 Å². The number of nitrogen functional groups attached to an aromatic ring is 1. The summed E-state index contributed by atoms with van der Waals surface area (Å²) < 4.78 is 0. The number of nitrogens with two attached hydrogens (primary N) is 1. The Kier molecular flexibility index (Phi) is 4.50. The fourth-order valence-corrected chi connectivity index (χ4v) is 1.75. The molecule has 0 spiro atoms. The van der Waals surface area contributed by atoms with Gasteiger partial charge in [-0.25, -0.2) is 0 Å². The van der Waals surface area contributed by atoms with Crippen molar-refractivity contribution >= 4 is 17.7 Å². The molecule has 4 heteroatoms. The van der Waals surface area contributed by atoms with Gasteiger partial charge < -0.3 is 11.1 Å². The molecule has 4 nitrogen and oxygen atoms in total. The number of benzene rings is 1. The molecule has 2 rings (SSSR count). The third-order valence-corrected chi connectivity index (χ3v) is 2.85. The molecule has 0 radical (unpaired) electrons. The van der Waals surface area contributed by atoms with Gasteiger partial charge in [-0.1, -0.05) is 18.2 Å². The number of carbonyl (C=O) groups excluding carboxylic acids is 1. The Balaban J connectivity index is 1.94. The van der Waals surface area contributed by atoms with Crippen LogP contribution < -0.4 is 11.1 Å². The van der Waals surface area contributed by atoms with Crippen molar-refractivity contribution in [1.29, 1.82) is 0 Å². The molecular weight excluding hydrogens is 250 g/mol. The number of nitrogens with zero attached hydrogens (tertiary/aromatic N) is 1. The van der Waals surface area contributed by atoms with Crippen LogP contribution in [0, 0.1) is 0 Å². The topological polar surface area (TPSA) is 68.0 Å². The second-order valence-corrected chi connectivity index (χ2v) is 4.48. The smallest absolute Gasteiger partial charge is 0.244 e. The van der Waals surface area contributed by atoms with Crippen molar-refractivity contribution in [2.45, 2.75) is 13.0 Å². The number of nitrogens with one attached hydrogen (secondary N) is 1. The van der Waals surface area contributed by atoms with E-state index < -0.39 is 0 Å². The van der Waals surface area contributed by atoms with Crippen LogP contribution in [0.3, 0.4) is 0 Å². The Hall–Kier alpha value is -2.62. The SMILES string of the molecule is C[C@@H](NC(=O)/C=C/c1ccc(N)cc1)c1ccccn1. The summed E-state index contributed by atoms with van der Waals surface area (Å²) in [5.41, 5.74) is 8.07. The highest BCUT2D eigenvalue weighted by molar-refractivity contribution is 5.91. The third kappa shape index (κ3) is 3.95. The summed E-state index contributed by atoms with van der Waals surface area (Å²) in [5.74, 6) is -0.153. The van der Waals surface area contributed by atoms with E-state index in [1.807, 2.05) is 37.3 Å². The lowest BCUT2D eigenvalue weighted by atomic mass is 10.2. The number of pyridine rings is 1. The van der Waals surface area contributed by atoms with E-state index in [4.69, 9.17) is 5.73 Å². The van der Waals surface area contributed by atoms with Crippen molar-refractivity contribution in [2.24, 2.45) is 0 Å². The van der Waals surface area contributed by atoms with Gasteiger partial charge in [-0.05, 0) is 42.8 Å². The molecule has 0 aliphatic heterocycles. The lowest BCUT2D eigenvalue weighted by Crippen LogP contribution is -2.25. The number of rotatable bonds is 4. The van der Waals surface area contributed by atoms with Crippen LogP contribution in [-0.4, -0.2) is 10.9 Å². The van der Waals surface area contributed by atoms with Crippen LogP contribution in [0.2, 0.25) is 0 Å². The van der Waals surface area contributed by atoms with Crippen LogP contribution in [-0.2, 0) is 4.79 Å². The number of hydrogen-bond acceptors (Lipinski definition) is 3. The van der Waals surface area contributed by atoms with Crippen molar-refractivity contribution in [1.82, 2.24) is 10.3 Å². The molecule has 1 aromatic carbocycles. The van der Waals surface area contributed by atoms with Gasteiger partial charge in [-0.3, -0.25) is 9.78 Å². The summed E-state index contributed by atoms with van der Waals surface area (Å²) in [4.78, 5) is 16.0. The van der Waals surface area contributed by atoms with Gasteiger partial charge in [0.05, 0.1) is 11.7 Å². The molecule has 0 aliphatic carbocycles. The Labute approximate surface area is 118 Å². The maximum Gasteiger partial charge on any atom is 0.244 e. The summed E-state index contributed by atoms with van der Waals surface area (Å²) in [6.07, 6.45) is 4.97. The number of hydrogen-bond donors (Lipinski definition) is 2. The first kappa shape index (κ1) is 13.8. The highest BCUT2D eigenvalue weighted by Gasteiger charge is 2.07. The Morgan fingerprint density at radius 2 is 2.00 bits per heavy atom. The molecule has 2 aromatic rings.